The predicted octanol–water partition coefficient (Wildman–Crippen LogP) is 3.60. The van der Waals surface area contributed by atoms with E-state index in [0.29, 0.717) is 19.0 Å². The van der Waals surface area contributed by atoms with Crippen molar-refractivity contribution in [2.75, 3.05) is 36.5 Å². The molecule has 2 heterocycles. The summed E-state index contributed by atoms with van der Waals surface area (Å²) in [5.74, 6) is 1.30. The number of carbonyl (C=O) groups excluding carboxylic acids is 1. The topological polar surface area (TPSA) is 79.1 Å². The van der Waals surface area contributed by atoms with Gasteiger partial charge in [-0.15, -0.1) is 0 Å². The maximum atomic E-state index is 12.0. The second-order valence-corrected chi connectivity index (χ2v) is 6.59. The number of morpholine rings is 1. The fraction of sp³-hybridized carbons (Fsp3) is 0.333. The molecule has 1 saturated heterocycles. The molecule has 0 bridgehead atoms. The fourth-order valence-corrected chi connectivity index (χ4v) is 3.23. The summed E-state index contributed by atoms with van der Waals surface area (Å²) in [6.45, 7) is 4.95. The van der Waals surface area contributed by atoms with Crippen LogP contribution in [0.25, 0.3) is 0 Å². The Morgan fingerprint density at radius 3 is 2.88 bits per heavy atom. The number of benzene rings is 1. The number of nitrogens with one attached hydrogen (secondary N) is 2. The molecule has 1 aromatic carbocycles. The van der Waals surface area contributed by atoms with Gasteiger partial charge < -0.3 is 19.4 Å². The largest absolute Gasteiger partial charge is 0.438 e. The molecular formula is C18H21BrN4O3. The summed E-state index contributed by atoms with van der Waals surface area (Å²) in [4.78, 5) is 14.1. The molecule has 8 heteroatoms. The number of rotatable bonds is 5. The third-order valence-corrected chi connectivity index (χ3v) is 4.56. The maximum absolute atomic E-state index is 12.0. The van der Waals surface area contributed by atoms with Gasteiger partial charge in [0.15, 0.2) is 5.76 Å². The highest BCUT2D eigenvalue weighted by Gasteiger charge is 2.18. The lowest BCUT2D eigenvalue weighted by Crippen LogP contribution is -2.36. The summed E-state index contributed by atoms with van der Waals surface area (Å²) in [5.41, 5.74) is 4.29. The van der Waals surface area contributed by atoms with Crippen molar-refractivity contribution in [1.82, 2.24) is 5.43 Å². The molecule has 0 radical (unpaired) electrons. The van der Waals surface area contributed by atoms with Gasteiger partial charge in [-0.3, -0.25) is 0 Å². The number of hydrazone groups is 1. The molecule has 138 valence electrons. The van der Waals surface area contributed by atoms with Crippen molar-refractivity contribution in [3.8, 4) is 0 Å². The number of hydrogen-bond acceptors (Lipinski definition) is 5. The van der Waals surface area contributed by atoms with Gasteiger partial charge in [0.1, 0.15) is 0 Å². The van der Waals surface area contributed by atoms with Crippen LogP contribution in [0.2, 0.25) is 0 Å². The monoisotopic (exact) mass is 420 g/mol. The first kappa shape index (κ1) is 18.5. The van der Waals surface area contributed by atoms with Crippen LogP contribution in [-0.2, 0) is 11.2 Å². The Bertz CT molecular complexity index is 784. The van der Waals surface area contributed by atoms with E-state index in [0.717, 1.165) is 41.1 Å². The summed E-state index contributed by atoms with van der Waals surface area (Å²) in [7, 11) is 0. The molecule has 2 N–H and O–H groups in total. The van der Waals surface area contributed by atoms with Gasteiger partial charge in [-0.05, 0) is 34.0 Å². The van der Waals surface area contributed by atoms with Crippen LogP contribution in [0.3, 0.4) is 0 Å². The molecule has 3 rings (SSSR count). The lowest BCUT2D eigenvalue weighted by Gasteiger charge is -2.26. The molecule has 1 aliphatic rings. The number of anilines is 2. The predicted molar refractivity (Wildman–Crippen MR) is 105 cm³/mol. The van der Waals surface area contributed by atoms with E-state index in [4.69, 9.17) is 9.15 Å². The number of para-hydroxylation sites is 1. The normalized spacial score (nSPS) is 14.6. The van der Waals surface area contributed by atoms with Crippen LogP contribution in [0.1, 0.15) is 18.2 Å². The summed E-state index contributed by atoms with van der Waals surface area (Å²) in [6, 6.07) is 9.08. The van der Waals surface area contributed by atoms with Crippen LogP contribution >= 0.6 is 15.9 Å². The van der Waals surface area contributed by atoms with Crippen molar-refractivity contribution >= 4 is 39.7 Å². The van der Waals surface area contributed by atoms with Gasteiger partial charge in [-0.2, -0.15) is 5.10 Å². The first-order valence-corrected chi connectivity index (χ1v) is 9.26. The summed E-state index contributed by atoms with van der Waals surface area (Å²) >= 11 is 3.50. The standard InChI is InChI=1S/C18H21BrN4O3/c1-2-13-5-3-4-6-16(13)21-18(24)22-20-12-14-11-15(19)17(26-14)23-7-9-25-10-8-23/h3-6,11-12H,2,7-10H2,1H3,(H2,21,22,24)/b20-12+. The molecule has 0 saturated carbocycles. The Morgan fingerprint density at radius 1 is 1.35 bits per heavy atom. The van der Waals surface area contributed by atoms with Crippen LogP contribution in [-0.4, -0.2) is 38.5 Å². The van der Waals surface area contributed by atoms with Gasteiger partial charge in [0, 0.05) is 24.8 Å². The number of ether oxygens (including phenoxy) is 1. The molecule has 0 unspecified atom stereocenters. The first-order valence-electron chi connectivity index (χ1n) is 8.47. The zero-order valence-corrected chi connectivity index (χ0v) is 16.1. The molecule has 0 aliphatic carbocycles. The second kappa shape index (κ2) is 8.86. The summed E-state index contributed by atoms with van der Waals surface area (Å²) < 4.78 is 12.0. The van der Waals surface area contributed by atoms with Crippen LogP contribution in [0.4, 0.5) is 16.4 Å². The molecule has 0 spiro atoms. The van der Waals surface area contributed by atoms with Gasteiger partial charge >= 0.3 is 6.03 Å². The number of aryl methyl sites for hydroxylation is 1. The Hall–Kier alpha value is -2.32. The Morgan fingerprint density at radius 2 is 2.12 bits per heavy atom. The van der Waals surface area contributed by atoms with Crippen molar-refractivity contribution in [3.63, 3.8) is 0 Å². The number of furan rings is 1. The van der Waals surface area contributed by atoms with Crippen LogP contribution in [0, 0.1) is 0 Å². The number of hydrogen-bond donors (Lipinski definition) is 2. The number of urea groups is 1. The van der Waals surface area contributed by atoms with E-state index in [1.165, 1.54) is 6.21 Å². The highest BCUT2D eigenvalue weighted by molar-refractivity contribution is 9.10. The molecule has 26 heavy (non-hydrogen) atoms. The zero-order chi connectivity index (χ0) is 18.4. The molecule has 1 fully saturated rings. The quantitative estimate of drug-likeness (QED) is 0.571. The highest BCUT2D eigenvalue weighted by Crippen LogP contribution is 2.30. The van der Waals surface area contributed by atoms with Crippen molar-refractivity contribution in [2.24, 2.45) is 5.10 Å². The minimum Gasteiger partial charge on any atom is -0.438 e. The van der Waals surface area contributed by atoms with E-state index >= 15 is 0 Å². The van der Waals surface area contributed by atoms with Crippen molar-refractivity contribution in [2.45, 2.75) is 13.3 Å². The zero-order valence-electron chi connectivity index (χ0n) is 14.5. The summed E-state index contributed by atoms with van der Waals surface area (Å²) in [6.07, 6.45) is 2.31. The van der Waals surface area contributed by atoms with Crippen LogP contribution in [0.15, 0.2) is 44.3 Å². The van der Waals surface area contributed by atoms with E-state index < -0.39 is 6.03 Å². The lowest BCUT2D eigenvalue weighted by molar-refractivity contribution is 0.120. The SMILES string of the molecule is CCc1ccccc1NC(=O)N/N=C/c1cc(Br)c(N2CCOCC2)o1. The third-order valence-electron chi connectivity index (χ3n) is 3.99. The van der Waals surface area contributed by atoms with E-state index in [1.54, 1.807) is 0 Å². The number of amides is 2. The molecular weight excluding hydrogens is 400 g/mol. The van der Waals surface area contributed by atoms with E-state index in [1.807, 2.05) is 37.3 Å². The first-order chi connectivity index (χ1) is 12.7. The van der Waals surface area contributed by atoms with Crippen molar-refractivity contribution < 1.29 is 13.9 Å². The van der Waals surface area contributed by atoms with E-state index in [2.05, 4.69) is 36.7 Å². The molecule has 1 aliphatic heterocycles. The Balaban J connectivity index is 1.57. The molecule has 2 aromatic rings. The lowest BCUT2D eigenvalue weighted by atomic mass is 10.1. The number of nitrogens with zero attached hydrogens (tertiary/aromatic N) is 2. The van der Waals surface area contributed by atoms with Gasteiger partial charge in [-0.25, -0.2) is 10.2 Å². The minimum absolute atomic E-state index is 0.402. The molecule has 7 nitrogen and oxygen atoms in total. The Labute approximate surface area is 160 Å². The van der Waals surface area contributed by atoms with E-state index in [-0.39, 0.29) is 0 Å². The Kier molecular flexibility index (Phi) is 6.30. The van der Waals surface area contributed by atoms with Gasteiger partial charge in [0.05, 0.1) is 23.9 Å². The average Bonchev–Trinajstić information content (AvgIpc) is 3.03. The highest BCUT2D eigenvalue weighted by atomic mass is 79.9. The third kappa shape index (κ3) is 4.64. The molecule has 1 aromatic heterocycles. The van der Waals surface area contributed by atoms with Gasteiger partial charge in [0.2, 0.25) is 5.88 Å². The van der Waals surface area contributed by atoms with Gasteiger partial charge in [0.25, 0.3) is 0 Å². The van der Waals surface area contributed by atoms with Gasteiger partial charge in [-0.1, -0.05) is 25.1 Å². The summed E-state index contributed by atoms with van der Waals surface area (Å²) in [5, 5.41) is 6.74. The second-order valence-electron chi connectivity index (χ2n) is 5.74. The van der Waals surface area contributed by atoms with Crippen molar-refractivity contribution in [3.05, 3.63) is 46.1 Å². The number of carbonyl (C=O) groups is 1. The molecule has 2 amide bonds. The fourth-order valence-electron chi connectivity index (χ4n) is 2.68. The van der Waals surface area contributed by atoms with Crippen molar-refractivity contribution in [1.29, 1.82) is 0 Å². The maximum Gasteiger partial charge on any atom is 0.339 e. The molecule has 0 atom stereocenters. The smallest absolute Gasteiger partial charge is 0.339 e. The average molecular weight is 421 g/mol. The number of halogens is 1. The minimum atomic E-state index is -0.402. The van der Waals surface area contributed by atoms with Crippen LogP contribution in [0.5, 0.6) is 0 Å². The van der Waals surface area contributed by atoms with E-state index in [9.17, 15) is 4.79 Å². The van der Waals surface area contributed by atoms with Crippen LogP contribution < -0.4 is 15.6 Å².